The summed E-state index contributed by atoms with van der Waals surface area (Å²) in [5.74, 6) is 1.91. The third-order valence-corrected chi connectivity index (χ3v) is 8.82. The first-order chi connectivity index (χ1) is 20.9. The average molecular weight is 605 g/mol. The molecule has 7 rings (SSSR count). The molecule has 1 aromatic carbocycles. The number of anilines is 2. The molecule has 0 bridgehead atoms. The second-order valence-corrected chi connectivity index (χ2v) is 12.0. The highest BCUT2D eigenvalue weighted by Crippen LogP contribution is 2.37. The van der Waals surface area contributed by atoms with E-state index in [-0.39, 0.29) is 24.1 Å². The number of nitrogens with one attached hydrogen (secondary N) is 1. The lowest BCUT2D eigenvalue weighted by Gasteiger charge is -2.37. The zero-order valence-electron chi connectivity index (χ0n) is 23.9. The topological polar surface area (TPSA) is 120 Å². The molecule has 43 heavy (non-hydrogen) atoms. The van der Waals surface area contributed by atoms with E-state index in [1.807, 2.05) is 18.2 Å². The Morgan fingerprint density at radius 2 is 1.84 bits per heavy atom. The van der Waals surface area contributed by atoms with Gasteiger partial charge in [0.05, 0.1) is 24.3 Å². The van der Waals surface area contributed by atoms with Crippen molar-refractivity contribution in [2.75, 3.05) is 36.2 Å². The summed E-state index contributed by atoms with van der Waals surface area (Å²) in [4.78, 5) is 47.1. The summed E-state index contributed by atoms with van der Waals surface area (Å²) in [6.45, 7) is 4.62. The standard InChI is InChI=1S/C30H33ClN8O4/c1-19-7-9-20(10-8-19)15-38-26-27(33-30(38)36-13-14-42-18-23(36)21-5-3-2-4-6-21)32-29(39-17-25(41)43-35-39)34-28(26)37-16-22(31)11-12-24(37)40/h2-6,11-12,16,19-20,23,35H,7-10,13-15,17-18H2,1H3/t19-,20-,23-/m0/s1. The molecule has 12 nitrogen and oxygen atoms in total. The third kappa shape index (κ3) is 5.46. The zero-order chi connectivity index (χ0) is 29.5. The maximum atomic E-state index is 13.3. The molecule has 13 heteroatoms. The predicted molar refractivity (Wildman–Crippen MR) is 161 cm³/mol. The third-order valence-electron chi connectivity index (χ3n) is 8.60. The van der Waals surface area contributed by atoms with Crippen LogP contribution in [0.1, 0.15) is 44.2 Å². The number of aromatic nitrogens is 5. The van der Waals surface area contributed by atoms with Crippen molar-refractivity contribution in [2.45, 2.75) is 45.2 Å². The van der Waals surface area contributed by atoms with Crippen LogP contribution in [0.5, 0.6) is 0 Å². The second kappa shape index (κ2) is 11.6. The lowest BCUT2D eigenvalue weighted by Crippen LogP contribution is -2.41. The van der Waals surface area contributed by atoms with Crippen molar-refractivity contribution < 1.29 is 14.4 Å². The van der Waals surface area contributed by atoms with Crippen molar-refractivity contribution in [3.63, 3.8) is 0 Å². The van der Waals surface area contributed by atoms with Gasteiger partial charge in [0.25, 0.3) is 5.56 Å². The Bertz CT molecular complexity index is 1700. The Hall–Kier alpha value is -4.00. The molecule has 1 atom stereocenters. The Balaban J connectivity index is 1.45. The number of hydrazine groups is 1. The first kappa shape index (κ1) is 27.8. The van der Waals surface area contributed by atoms with E-state index in [0.29, 0.717) is 60.1 Å². The van der Waals surface area contributed by atoms with Gasteiger partial charge in [-0.05, 0) is 36.3 Å². The van der Waals surface area contributed by atoms with Gasteiger partial charge in [0, 0.05) is 25.4 Å². The van der Waals surface area contributed by atoms with Gasteiger partial charge in [-0.3, -0.25) is 9.36 Å². The van der Waals surface area contributed by atoms with E-state index in [2.05, 4.69) is 34.1 Å². The fraction of sp³-hybridized carbons (Fsp3) is 0.433. The van der Waals surface area contributed by atoms with Crippen LogP contribution in [0.15, 0.2) is 53.5 Å². The van der Waals surface area contributed by atoms with Crippen LogP contribution in [0.4, 0.5) is 11.9 Å². The molecule has 0 spiro atoms. The molecule has 0 unspecified atom stereocenters. The molecule has 1 aliphatic carbocycles. The number of halogens is 1. The molecule has 2 aliphatic heterocycles. The van der Waals surface area contributed by atoms with E-state index in [4.69, 9.17) is 36.1 Å². The van der Waals surface area contributed by atoms with E-state index < -0.39 is 5.97 Å². The van der Waals surface area contributed by atoms with E-state index >= 15 is 0 Å². The number of benzene rings is 1. The van der Waals surface area contributed by atoms with E-state index in [1.165, 1.54) is 28.5 Å². The molecule has 1 saturated carbocycles. The van der Waals surface area contributed by atoms with Crippen molar-refractivity contribution >= 4 is 40.6 Å². The van der Waals surface area contributed by atoms with Crippen molar-refractivity contribution in [3.8, 4) is 5.82 Å². The highest BCUT2D eigenvalue weighted by molar-refractivity contribution is 6.30. The summed E-state index contributed by atoms with van der Waals surface area (Å²) >= 11 is 6.39. The monoisotopic (exact) mass is 604 g/mol. The number of rotatable bonds is 6. The maximum Gasteiger partial charge on any atom is 0.348 e. The largest absolute Gasteiger partial charge is 0.377 e. The number of morpholine rings is 1. The van der Waals surface area contributed by atoms with Gasteiger partial charge in [-0.2, -0.15) is 15.0 Å². The maximum absolute atomic E-state index is 13.3. The number of fused-ring (bicyclic) bond motifs is 1. The molecular weight excluding hydrogens is 572 g/mol. The lowest BCUT2D eigenvalue weighted by molar-refractivity contribution is -0.142. The van der Waals surface area contributed by atoms with Gasteiger partial charge < -0.3 is 19.0 Å². The van der Waals surface area contributed by atoms with Crippen LogP contribution in [0, 0.1) is 11.8 Å². The van der Waals surface area contributed by atoms with Crippen LogP contribution < -0.4 is 21.1 Å². The van der Waals surface area contributed by atoms with Crippen LogP contribution in [-0.2, 0) is 20.9 Å². The Labute approximate surface area is 253 Å². The minimum absolute atomic E-state index is 0.0621. The van der Waals surface area contributed by atoms with Crippen LogP contribution in [-0.4, -0.2) is 56.4 Å². The molecule has 0 amide bonds. The number of imidazole rings is 1. The molecule has 3 aromatic heterocycles. The summed E-state index contributed by atoms with van der Waals surface area (Å²) in [6.07, 6.45) is 6.11. The van der Waals surface area contributed by atoms with Crippen molar-refractivity contribution in [3.05, 3.63) is 69.6 Å². The number of hydrogen-bond donors (Lipinski definition) is 1. The minimum Gasteiger partial charge on any atom is -0.377 e. The number of ether oxygens (including phenoxy) is 1. The Morgan fingerprint density at radius 3 is 2.60 bits per heavy atom. The normalized spacial score (nSPS) is 22.7. The fourth-order valence-corrected chi connectivity index (χ4v) is 6.44. The number of carbonyl (C=O) groups excluding carboxylic acids is 1. The molecular formula is C30H33ClN8O4. The van der Waals surface area contributed by atoms with E-state index in [0.717, 1.165) is 24.4 Å². The van der Waals surface area contributed by atoms with Crippen molar-refractivity contribution in [2.24, 2.45) is 11.8 Å². The molecule has 3 aliphatic rings. The van der Waals surface area contributed by atoms with Gasteiger partial charge in [-0.1, -0.05) is 67.3 Å². The van der Waals surface area contributed by atoms with Crippen molar-refractivity contribution in [1.29, 1.82) is 0 Å². The van der Waals surface area contributed by atoms with Crippen LogP contribution in [0.25, 0.3) is 17.0 Å². The summed E-state index contributed by atoms with van der Waals surface area (Å²) in [6, 6.07) is 13.2. The molecule has 3 fully saturated rings. The number of carbonyl (C=O) groups is 1. The number of pyridine rings is 1. The number of hydrogen-bond acceptors (Lipinski definition) is 10. The summed E-state index contributed by atoms with van der Waals surface area (Å²) in [5.41, 5.74) is 4.43. The quantitative estimate of drug-likeness (QED) is 0.348. The Morgan fingerprint density at radius 1 is 1.02 bits per heavy atom. The minimum atomic E-state index is -0.470. The van der Waals surface area contributed by atoms with Crippen LogP contribution in [0.2, 0.25) is 5.02 Å². The van der Waals surface area contributed by atoms with Gasteiger partial charge in [0.1, 0.15) is 12.1 Å². The predicted octanol–water partition coefficient (Wildman–Crippen LogP) is 3.82. The zero-order valence-corrected chi connectivity index (χ0v) is 24.6. The molecule has 224 valence electrons. The molecule has 1 N–H and O–H groups in total. The number of nitrogens with zero attached hydrogens (tertiary/aromatic N) is 7. The molecule has 5 heterocycles. The average Bonchev–Trinajstić information content (AvgIpc) is 3.63. The highest BCUT2D eigenvalue weighted by atomic mass is 35.5. The van der Waals surface area contributed by atoms with Gasteiger partial charge in [-0.25, -0.2) is 9.80 Å². The van der Waals surface area contributed by atoms with E-state index in [9.17, 15) is 9.59 Å². The van der Waals surface area contributed by atoms with E-state index in [1.54, 1.807) is 12.3 Å². The molecule has 4 aromatic rings. The van der Waals surface area contributed by atoms with Gasteiger partial charge in [0.15, 0.2) is 11.5 Å². The first-order valence-corrected chi connectivity index (χ1v) is 15.1. The Kier molecular flexibility index (Phi) is 7.50. The summed E-state index contributed by atoms with van der Waals surface area (Å²) in [5, 5.41) is 1.78. The van der Waals surface area contributed by atoms with Crippen LogP contribution >= 0.6 is 11.6 Å². The lowest BCUT2D eigenvalue weighted by atomic mass is 9.83. The highest BCUT2D eigenvalue weighted by Gasteiger charge is 2.33. The molecule has 2 saturated heterocycles. The molecule has 0 radical (unpaired) electrons. The van der Waals surface area contributed by atoms with Crippen LogP contribution in [0.3, 0.4) is 0 Å². The summed E-state index contributed by atoms with van der Waals surface area (Å²) < 4.78 is 9.56. The first-order valence-electron chi connectivity index (χ1n) is 14.7. The van der Waals surface area contributed by atoms with Crippen molar-refractivity contribution in [1.82, 2.24) is 29.7 Å². The fourth-order valence-electron chi connectivity index (χ4n) is 6.28. The van der Waals surface area contributed by atoms with Gasteiger partial charge in [-0.15, -0.1) is 0 Å². The summed E-state index contributed by atoms with van der Waals surface area (Å²) in [7, 11) is 0. The SMILES string of the molecule is C[C@H]1CC[C@H](Cn2c(N3CCOC[C@H]3c3ccccc3)nc3nc(N4CC(=O)ON4)nc(-n4cc(Cl)ccc4=O)c32)CC1. The second-order valence-electron chi connectivity index (χ2n) is 11.6. The smallest absolute Gasteiger partial charge is 0.348 e. The van der Waals surface area contributed by atoms with Gasteiger partial charge in [0.2, 0.25) is 11.9 Å². The van der Waals surface area contributed by atoms with Gasteiger partial charge >= 0.3 is 5.97 Å².